The zero-order chi connectivity index (χ0) is 32.1. The Morgan fingerprint density at radius 2 is 1.36 bits per heavy atom. The first-order valence-electron chi connectivity index (χ1n) is 14.7. The molecule has 3 N–H and O–H groups in total. The summed E-state index contributed by atoms with van der Waals surface area (Å²) in [5.41, 5.74) is 1.25. The number of rotatable bonds is 15. The molecule has 0 bridgehead atoms. The van der Waals surface area contributed by atoms with Crippen molar-refractivity contribution in [1.82, 2.24) is 15.1 Å². The summed E-state index contributed by atoms with van der Waals surface area (Å²) in [7, 11) is 0. The molecule has 1 amide bonds. The summed E-state index contributed by atoms with van der Waals surface area (Å²) in [6.45, 7) is 10.7. The van der Waals surface area contributed by atoms with E-state index in [1.807, 2.05) is 34.1 Å². The summed E-state index contributed by atoms with van der Waals surface area (Å²) in [4.78, 5) is 27.0. The van der Waals surface area contributed by atoms with E-state index in [1.165, 1.54) is 0 Å². The van der Waals surface area contributed by atoms with Crippen LogP contribution in [0.25, 0.3) is 0 Å². The maximum absolute atomic E-state index is 11.9. The second-order valence-electron chi connectivity index (χ2n) is 11.4. The number of unbranched alkanes of at least 4 members (excludes halogenated alkanes) is 2. The van der Waals surface area contributed by atoms with E-state index in [1.54, 1.807) is 52.0 Å². The third-order valence-electron chi connectivity index (χ3n) is 6.62. The fourth-order valence-corrected chi connectivity index (χ4v) is 4.45. The van der Waals surface area contributed by atoms with E-state index in [2.05, 4.69) is 10.4 Å². The molecule has 1 fully saturated rings. The monoisotopic (exact) mass is 609 g/mol. The number of amidine groups is 1. The molecule has 2 aromatic carbocycles. The summed E-state index contributed by atoms with van der Waals surface area (Å²) >= 11 is 0. The Balaban J connectivity index is 1.35. The number of alkyl carbamates (subject to hydrolysis) is 1. The van der Waals surface area contributed by atoms with Crippen LogP contribution in [0.15, 0.2) is 53.6 Å². The minimum atomic E-state index is -0.682. The average molecular weight is 610 g/mol. The van der Waals surface area contributed by atoms with E-state index in [0.29, 0.717) is 62.4 Å². The van der Waals surface area contributed by atoms with Gasteiger partial charge in [0, 0.05) is 37.5 Å². The van der Waals surface area contributed by atoms with Crippen molar-refractivity contribution >= 4 is 23.6 Å². The maximum atomic E-state index is 11.9. The molecule has 0 unspecified atom stereocenters. The van der Waals surface area contributed by atoms with Crippen LogP contribution in [0.2, 0.25) is 0 Å². The zero-order valence-corrected chi connectivity index (χ0v) is 25.9. The van der Waals surface area contributed by atoms with Crippen LogP contribution in [-0.4, -0.2) is 83.4 Å². The van der Waals surface area contributed by atoms with E-state index in [9.17, 15) is 14.9 Å². The lowest BCUT2D eigenvalue weighted by atomic mass is 10.1. The molecule has 0 aromatic heterocycles. The lowest BCUT2D eigenvalue weighted by Gasteiger charge is -2.20. The lowest BCUT2D eigenvalue weighted by Crippen LogP contribution is -2.36. The summed E-state index contributed by atoms with van der Waals surface area (Å²) in [5, 5.41) is 32.4. The van der Waals surface area contributed by atoms with Crippen molar-refractivity contribution in [2.24, 2.45) is 5.10 Å². The molecule has 0 spiro atoms. The Kier molecular flexibility index (Phi) is 12.5. The molecule has 0 aliphatic carbocycles. The molecule has 0 radical (unpaired) electrons. The predicted octanol–water partition coefficient (Wildman–Crippen LogP) is 5.11. The number of guanidine groups is 1. The Morgan fingerprint density at radius 3 is 1.80 bits per heavy atom. The van der Waals surface area contributed by atoms with Crippen molar-refractivity contribution in [1.29, 1.82) is 10.8 Å². The second-order valence-corrected chi connectivity index (χ2v) is 11.4. The first kappa shape index (κ1) is 33.8. The molecule has 0 saturated carbocycles. The standard InChI is InChI=1S/C31H43N7O6/c1-23(32)24-9-13-26(14-10-24)42-21-7-5-17-36-19-20-37(29(36)35-38(40)41)18-6-8-22-43-27-15-11-25(12-16-27)28(33)34-30(39)44-31(2,3)4/h9-16,32H,5-8,17-22H2,1-4H3,(H2,33,34,39). The normalized spacial score (nSPS) is 14.0. The molecule has 1 aliphatic rings. The average Bonchev–Trinajstić information content (AvgIpc) is 3.32. The molecule has 13 nitrogen and oxygen atoms in total. The highest BCUT2D eigenvalue weighted by Gasteiger charge is 2.28. The van der Waals surface area contributed by atoms with Crippen LogP contribution in [0.4, 0.5) is 4.79 Å². The number of amides is 1. The SMILES string of the molecule is CC(=N)c1ccc(OCCCCN2CCN(CCCCOc3ccc(C(=N)NC(=O)OC(C)(C)C)cc3)C2=N[N+](=O)[O-])cc1. The molecule has 1 heterocycles. The van der Waals surface area contributed by atoms with E-state index in [4.69, 9.17) is 25.0 Å². The summed E-state index contributed by atoms with van der Waals surface area (Å²) < 4.78 is 16.8. The smallest absolute Gasteiger partial charge is 0.413 e. The highest BCUT2D eigenvalue weighted by atomic mass is 16.7. The molecule has 3 rings (SSSR count). The Bertz CT molecular complexity index is 1310. The van der Waals surface area contributed by atoms with Gasteiger partial charge in [0.25, 0.3) is 5.96 Å². The van der Waals surface area contributed by atoms with Crippen molar-refractivity contribution in [3.8, 4) is 11.5 Å². The Hall–Kier alpha value is -4.68. The van der Waals surface area contributed by atoms with E-state index in [-0.39, 0.29) is 5.84 Å². The Labute approximate surface area is 258 Å². The van der Waals surface area contributed by atoms with Gasteiger partial charge in [0.1, 0.15) is 28.0 Å². The first-order valence-corrected chi connectivity index (χ1v) is 14.7. The summed E-state index contributed by atoms with van der Waals surface area (Å²) in [5.74, 6) is 1.73. The van der Waals surface area contributed by atoms with Crippen molar-refractivity contribution in [3.63, 3.8) is 0 Å². The van der Waals surface area contributed by atoms with Crippen molar-refractivity contribution in [2.75, 3.05) is 39.4 Å². The highest BCUT2D eigenvalue weighted by Crippen LogP contribution is 2.16. The highest BCUT2D eigenvalue weighted by molar-refractivity contribution is 6.04. The number of benzene rings is 2. The molecule has 44 heavy (non-hydrogen) atoms. The predicted molar refractivity (Wildman–Crippen MR) is 169 cm³/mol. The van der Waals surface area contributed by atoms with Gasteiger partial charge in [-0.1, -0.05) is 0 Å². The van der Waals surface area contributed by atoms with Gasteiger partial charge in [0.15, 0.2) is 5.03 Å². The summed E-state index contributed by atoms with van der Waals surface area (Å²) in [6.07, 6.45) is 2.45. The van der Waals surface area contributed by atoms with Crippen LogP contribution in [0.5, 0.6) is 11.5 Å². The van der Waals surface area contributed by atoms with Crippen LogP contribution >= 0.6 is 0 Å². The van der Waals surface area contributed by atoms with E-state index < -0.39 is 16.7 Å². The second kappa shape index (κ2) is 16.2. The quantitative estimate of drug-likeness (QED) is 0.0824. The first-order chi connectivity index (χ1) is 20.9. The maximum Gasteiger partial charge on any atom is 0.413 e. The molecule has 238 valence electrons. The molecule has 2 aromatic rings. The van der Waals surface area contributed by atoms with Crippen molar-refractivity contribution in [2.45, 2.75) is 59.0 Å². The third kappa shape index (κ3) is 11.5. The van der Waals surface area contributed by atoms with Gasteiger partial charge >= 0.3 is 6.09 Å². The van der Waals surface area contributed by atoms with Crippen LogP contribution in [0, 0.1) is 20.9 Å². The van der Waals surface area contributed by atoms with Gasteiger partial charge in [-0.25, -0.2) is 14.9 Å². The number of hydrogen-bond donors (Lipinski definition) is 3. The molecular formula is C31H43N7O6. The van der Waals surface area contributed by atoms with Crippen LogP contribution in [-0.2, 0) is 4.74 Å². The lowest BCUT2D eigenvalue weighted by molar-refractivity contribution is -0.486. The van der Waals surface area contributed by atoms with Gasteiger partial charge in [-0.2, -0.15) is 0 Å². The number of carbonyl (C=O) groups is 1. The van der Waals surface area contributed by atoms with Gasteiger partial charge < -0.3 is 29.4 Å². The largest absolute Gasteiger partial charge is 0.494 e. The minimum Gasteiger partial charge on any atom is -0.494 e. The molecule has 1 aliphatic heterocycles. The van der Waals surface area contributed by atoms with Gasteiger partial charge in [-0.15, -0.1) is 0 Å². The fourth-order valence-electron chi connectivity index (χ4n) is 4.45. The number of nitro groups is 1. The Morgan fingerprint density at radius 1 is 0.886 bits per heavy atom. The van der Waals surface area contributed by atoms with Gasteiger partial charge in [0.2, 0.25) is 0 Å². The number of hydrazone groups is 1. The van der Waals surface area contributed by atoms with E-state index >= 15 is 0 Å². The number of carbonyl (C=O) groups excluding carboxylic acids is 1. The number of hydrogen-bond acceptors (Lipinski definition) is 8. The van der Waals surface area contributed by atoms with Gasteiger partial charge in [0.05, 0.1) is 13.2 Å². The number of ether oxygens (including phenoxy) is 3. The zero-order valence-electron chi connectivity index (χ0n) is 25.9. The topological polar surface area (TPSA) is 166 Å². The third-order valence-corrected chi connectivity index (χ3v) is 6.62. The van der Waals surface area contributed by atoms with Crippen LogP contribution in [0.3, 0.4) is 0 Å². The fraction of sp³-hybridized carbons (Fsp3) is 0.484. The number of nitrogens with one attached hydrogen (secondary N) is 3. The van der Waals surface area contributed by atoms with Crippen LogP contribution < -0.4 is 14.8 Å². The van der Waals surface area contributed by atoms with Crippen molar-refractivity contribution in [3.05, 3.63) is 69.8 Å². The molecule has 0 atom stereocenters. The molecular weight excluding hydrogens is 566 g/mol. The minimum absolute atomic E-state index is 0.0629. The summed E-state index contributed by atoms with van der Waals surface area (Å²) in [6, 6.07) is 14.3. The van der Waals surface area contributed by atoms with Gasteiger partial charge in [-0.05, 0) is 107 Å². The van der Waals surface area contributed by atoms with E-state index in [0.717, 1.165) is 37.0 Å². The van der Waals surface area contributed by atoms with Crippen molar-refractivity contribution < 1.29 is 24.0 Å². The number of nitrogens with zero attached hydrogens (tertiary/aromatic N) is 4. The van der Waals surface area contributed by atoms with Crippen LogP contribution in [0.1, 0.15) is 64.5 Å². The molecule has 13 heteroatoms. The molecule has 1 saturated heterocycles. The van der Waals surface area contributed by atoms with Gasteiger partial charge in [-0.3, -0.25) is 10.7 Å².